The van der Waals surface area contributed by atoms with Crippen LogP contribution in [0.5, 0.6) is 5.75 Å². The minimum Gasteiger partial charge on any atom is -0.477 e. The molecule has 2 fully saturated rings. The van der Waals surface area contributed by atoms with Crippen LogP contribution in [-0.4, -0.2) is 34.4 Å². The van der Waals surface area contributed by atoms with E-state index in [2.05, 4.69) is 6.92 Å². The summed E-state index contributed by atoms with van der Waals surface area (Å²) in [5.41, 5.74) is 0.707. The number of rotatable bonds is 6. The van der Waals surface area contributed by atoms with Gasteiger partial charge in [-0.1, -0.05) is 13.0 Å². The van der Waals surface area contributed by atoms with Crippen molar-refractivity contribution >= 4 is 11.6 Å². The van der Waals surface area contributed by atoms with Gasteiger partial charge in [0.05, 0.1) is 4.92 Å². The van der Waals surface area contributed by atoms with Gasteiger partial charge in [0, 0.05) is 18.2 Å². The lowest BCUT2D eigenvalue weighted by molar-refractivity contribution is -0.385. The van der Waals surface area contributed by atoms with E-state index in [0.29, 0.717) is 12.1 Å². The molecule has 136 valence electrons. The molecule has 25 heavy (non-hydrogen) atoms. The summed E-state index contributed by atoms with van der Waals surface area (Å²) < 4.78 is 5.55. The molecule has 0 N–H and O–H groups in total. The van der Waals surface area contributed by atoms with Crippen LogP contribution < -0.4 is 4.74 Å². The first-order chi connectivity index (χ1) is 12.0. The van der Waals surface area contributed by atoms with Crippen LogP contribution in [0.3, 0.4) is 0 Å². The summed E-state index contributed by atoms with van der Waals surface area (Å²) in [4.78, 5) is 25.5. The van der Waals surface area contributed by atoms with Crippen LogP contribution in [-0.2, 0) is 4.79 Å². The van der Waals surface area contributed by atoms with Gasteiger partial charge in [-0.3, -0.25) is 14.9 Å². The fourth-order valence-corrected chi connectivity index (χ4v) is 3.68. The van der Waals surface area contributed by atoms with Gasteiger partial charge in [0.25, 0.3) is 5.91 Å². The fourth-order valence-electron chi connectivity index (χ4n) is 3.68. The van der Waals surface area contributed by atoms with Crippen molar-refractivity contribution in [3.63, 3.8) is 0 Å². The van der Waals surface area contributed by atoms with Crippen molar-refractivity contribution in [3.05, 3.63) is 33.9 Å². The molecule has 1 amide bonds. The van der Waals surface area contributed by atoms with Gasteiger partial charge in [-0.15, -0.1) is 0 Å². The third-order valence-corrected chi connectivity index (χ3v) is 5.27. The number of nitro groups is 1. The lowest BCUT2D eigenvalue weighted by Gasteiger charge is -2.36. The molecule has 2 aliphatic rings. The van der Waals surface area contributed by atoms with Crippen LogP contribution in [0.15, 0.2) is 18.2 Å². The summed E-state index contributed by atoms with van der Waals surface area (Å²) >= 11 is 0. The fraction of sp³-hybridized carbons (Fsp3) is 0.632. The van der Waals surface area contributed by atoms with E-state index in [1.807, 2.05) is 4.90 Å². The molecule has 6 heteroatoms. The second-order valence-electron chi connectivity index (χ2n) is 7.46. The molecule has 0 saturated heterocycles. The number of benzene rings is 1. The summed E-state index contributed by atoms with van der Waals surface area (Å²) in [5, 5.41) is 11.2. The molecule has 2 aliphatic carbocycles. The number of ether oxygens (including phenoxy) is 1. The number of amides is 1. The van der Waals surface area contributed by atoms with E-state index < -0.39 is 4.92 Å². The first-order valence-electron chi connectivity index (χ1n) is 9.14. The molecule has 0 unspecified atom stereocenters. The molecule has 1 aromatic carbocycles. The van der Waals surface area contributed by atoms with Crippen LogP contribution in [0, 0.1) is 23.0 Å². The Hall–Kier alpha value is -2.11. The van der Waals surface area contributed by atoms with Gasteiger partial charge in [-0.2, -0.15) is 0 Å². The molecule has 6 nitrogen and oxygen atoms in total. The summed E-state index contributed by atoms with van der Waals surface area (Å²) in [6, 6.07) is 5.44. The third-order valence-electron chi connectivity index (χ3n) is 5.27. The highest BCUT2D eigenvalue weighted by Crippen LogP contribution is 2.35. The second-order valence-corrected chi connectivity index (χ2v) is 7.46. The monoisotopic (exact) mass is 346 g/mol. The van der Waals surface area contributed by atoms with Crippen molar-refractivity contribution < 1.29 is 14.5 Å². The highest BCUT2D eigenvalue weighted by atomic mass is 16.6. The molecule has 2 saturated carbocycles. The van der Waals surface area contributed by atoms with E-state index in [9.17, 15) is 14.9 Å². The van der Waals surface area contributed by atoms with E-state index in [1.165, 1.54) is 6.07 Å². The lowest BCUT2D eigenvalue weighted by Crippen LogP contribution is -2.45. The largest absolute Gasteiger partial charge is 0.477 e. The first-order valence-corrected chi connectivity index (χ1v) is 9.14. The number of hydrogen-bond donors (Lipinski definition) is 0. The zero-order valence-corrected chi connectivity index (χ0v) is 14.9. The number of carbonyl (C=O) groups excluding carboxylic acids is 1. The predicted molar refractivity (Wildman–Crippen MR) is 94.6 cm³/mol. The maximum Gasteiger partial charge on any atom is 0.311 e. The summed E-state index contributed by atoms with van der Waals surface area (Å²) in [6.07, 6.45) is 6.53. The van der Waals surface area contributed by atoms with Crippen molar-refractivity contribution in [1.82, 2.24) is 4.90 Å². The summed E-state index contributed by atoms with van der Waals surface area (Å²) in [6.45, 7) is 3.92. The minimum absolute atomic E-state index is 0.0445. The third kappa shape index (κ3) is 4.30. The molecule has 0 heterocycles. The molecule has 0 aromatic heterocycles. The Morgan fingerprint density at radius 2 is 1.80 bits per heavy atom. The molecule has 0 bridgehead atoms. The standard InChI is InChI=1S/C19H26N2O4/c1-13-3-6-15(7-4-13)20(16-8-9-16)19(22)12-25-18-10-5-14(2)11-17(18)21(23)24/h5,10-11,13,15-16H,3-4,6-9,12H2,1-2H3. The minimum atomic E-state index is -0.464. The van der Waals surface area contributed by atoms with Gasteiger partial charge >= 0.3 is 5.69 Å². The van der Waals surface area contributed by atoms with E-state index >= 15 is 0 Å². The Labute approximate surface area is 148 Å². The molecule has 0 atom stereocenters. The van der Waals surface area contributed by atoms with Crippen molar-refractivity contribution in [2.75, 3.05) is 6.61 Å². The molecule has 0 radical (unpaired) electrons. The number of hydrogen-bond acceptors (Lipinski definition) is 4. The quantitative estimate of drug-likeness (QED) is 0.579. The van der Waals surface area contributed by atoms with Gasteiger partial charge in [0.2, 0.25) is 0 Å². The van der Waals surface area contributed by atoms with Crippen molar-refractivity contribution in [2.24, 2.45) is 5.92 Å². The van der Waals surface area contributed by atoms with Crippen LogP contribution in [0.25, 0.3) is 0 Å². The average molecular weight is 346 g/mol. The van der Waals surface area contributed by atoms with E-state index in [-0.39, 0.29) is 24.0 Å². The van der Waals surface area contributed by atoms with Crippen molar-refractivity contribution in [3.8, 4) is 5.75 Å². The highest BCUT2D eigenvalue weighted by molar-refractivity contribution is 5.79. The van der Waals surface area contributed by atoms with Crippen molar-refractivity contribution in [1.29, 1.82) is 0 Å². The molecule has 0 aliphatic heterocycles. The zero-order chi connectivity index (χ0) is 18.0. The van der Waals surface area contributed by atoms with E-state index in [4.69, 9.17) is 4.74 Å². The molecule has 1 aromatic rings. The van der Waals surface area contributed by atoms with E-state index in [0.717, 1.165) is 50.0 Å². The Bertz CT molecular complexity index is 649. The van der Waals surface area contributed by atoms with Crippen molar-refractivity contribution in [2.45, 2.75) is 64.5 Å². The van der Waals surface area contributed by atoms with Gasteiger partial charge in [0.15, 0.2) is 12.4 Å². The molecular weight excluding hydrogens is 320 g/mol. The van der Waals surface area contributed by atoms with Crippen LogP contribution in [0.1, 0.15) is 51.0 Å². The SMILES string of the molecule is Cc1ccc(OCC(=O)N(C2CCC(C)CC2)C2CC2)c([N+](=O)[O-])c1. The van der Waals surface area contributed by atoms with Gasteiger partial charge in [0.1, 0.15) is 0 Å². The topological polar surface area (TPSA) is 72.7 Å². The summed E-state index contributed by atoms with van der Waals surface area (Å²) in [5.74, 6) is 0.854. The smallest absolute Gasteiger partial charge is 0.311 e. The van der Waals surface area contributed by atoms with Gasteiger partial charge in [-0.25, -0.2) is 0 Å². The Balaban J connectivity index is 1.65. The average Bonchev–Trinajstić information content (AvgIpc) is 3.40. The Kier molecular flexibility index (Phi) is 5.25. The van der Waals surface area contributed by atoms with Crippen LogP contribution >= 0.6 is 0 Å². The van der Waals surface area contributed by atoms with Gasteiger partial charge < -0.3 is 9.64 Å². The first kappa shape index (κ1) is 17.7. The maximum atomic E-state index is 12.8. The highest BCUT2D eigenvalue weighted by Gasteiger charge is 2.38. The maximum absolute atomic E-state index is 12.8. The number of nitro benzene ring substituents is 1. The Morgan fingerprint density at radius 3 is 2.36 bits per heavy atom. The number of aryl methyl sites for hydroxylation is 1. The van der Waals surface area contributed by atoms with Crippen LogP contribution in [0.2, 0.25) is 0 Å². The number of nitrogens with zero attached hydrogens (tertiary/aromatic N) is 2. The van der Waals surface area contributed by atoms with E-state index in [1.54, 1.807) is 19.1 Å². The zero-order valence-electron chi connectivity index (χ0n) is 14.9. The lowest BCUT2D eigenvalue weighted by atomic mass is 9.86. The normalized spacial score (nSPS) is 23.1. The molecule has 3 rings (SSSR count). The molecule has 0 spiro atoms. The van der Waals surface area contributed by atoms with Crippen LogP contribution in [0.4, 0.5) is 5.69 Å². The molecular formula is C19H26N2O4. The number of carbonyl (C=O) groups is 1. The second kappa shape index (κ2) is 7.42. The summed E-state index contributed by atoms with van der Waals surface area (Å²) in [7, 11) is 0. The Morgan fingerprint density at radius 1 is 1.20 bits per heavy atom. The predicted octanol–water partition coefficient (Wildman–Crippen LogP) is 3.85. The van der Waals surface area contributed by atoms with Gasteiger partial charge in [-0.05, 0) is 63.0 Å².